The number of benzene rings is 2. The van der Waals surface area contributed by atoms with Crippen LogP contribution in [0.25, 0.3) is 11.3 Å². The van der Waals surface area contributed by atoms with E-state index in [2.05, 4.69) is 10.1 Å². The van der Waals surface area contributed by atoms with Crippen LogP contribution in [0.1, 0.15) is 59.6 Å². The summed E-state index contributed by atoms with van der Waals surface area (Å²) >= 11 is 0. The van der Waals surface area contributed by atoms with Crippen molar-refractivity contribution in [2.45, 2.75) is 57.0 Å². The molecule has 3 aromatic rings. The smallest absolute Gasteiger partial charge is 0.479 e. The maximum Gasteiger partial charge on any atom is 0.573 e. The molecule has 0 radical (unpaired) electrons. The molecule has 11 heteroatoms. The van der Waals surface area contributed by atoms with Crippen LogP contribution in [0.2, 0.25) is 0 Å². The summed E-state index contributed by atoms with van der Waals surface area (Å²) in [6.07, 6.45) is -0.947. The fourth-order valence-electron chi connectivity index (χ4n) is 4.57. The Morgan fingerprint density at radius 3 is 2.32 bits per heavy atom. The van der Waals surface area contributed by atoms with Crippen molar-refractivity contribution in [2.75, 3.05) is 6.54 Å². The minimum atomic E-state index is -4.76. The van der Waals surface area contributed by atoms with Crippen molar-refractivity contribution in [1.82, 2.24) is 15.1 Å². The molecule has 1 aromatic heterocycles. The predicted molar refractivity (Wildman–Crippen MR) is 132 cm³/mol. The van der Waals surface area contributed by atoms with Crippen molar-refractivity contribution in [3.05, 3.63) is 71.4 Å². The number of carboxylic acid groups (broad SMARTS) is 1. The van der Waals surface area contributed by atoms with Crippen LogP contribution in [0.15, 0.2) is 54.6 Å². The lowest BCUT2D eigenvalue weighted by molar-refractivity contribution is -0.274. The van der Waals surface area contributed by atoms with Crippen molar-refractivity contribution in [2.24, 2.45) is 0 Å². The molecule has 3 N–H and O–H groups in total. The molecule has 2 aromatic carbocycles. The number of hydrogen-bond donors (Lipinski definition) is 3. The summed E-state index contributed by atoms with van der Waals surface area (Å²) in [7, 11) is 0. The summed E-state index contributed by atoms with van der Waals surface area (Å²) in [6.45, 7) is 0.0285. The molecule has 1 fully saturated rings. The van der Waals surface area contributed by atoms with Gasteiger partial charge in [0.2, 0.25) is 0 Å². The Morgan fingerprint density at radius 2 is 1.71 bits per heavy atom. The Labute approximate surface area is 217 Å². The minimum Gasteiger partial charge on any atom is -0.479 e. The van der Waals surface area contributed by atoms with E-state index in [1.165, 1.54) is 18.6 Å². The first-order valence-electron chi connectivity index (χ1n) is 12.3. The molecule has 0 saturated heterocycles. The quantitative estimate of drug-likeness (QED) is 0.368. The van der Waals surface area contributed by atoms with Crippen LogP contribution in [0, 0.1) is 0 Å². The molecule has 8 nitrogen and oxygen atoms in total. The van der Waals surface area contributed by atoms with E-state index in [9.17, 15) is 27.9 Å². The molecule has 1 amide bonds. The van der Waals surface area contributed by atoms with Crippen LogP contribution < -0.4 is 10.1 Å². The number of halogens is 3. The maximum absolute atomic E-state index is 12.5. The van der Waals surface area contributed by atoms with Gasteiger partial charge >= 0.3 is 12.3 Å². The van der Waals surface area contributed by atoms with Crippen molar-refractivity contribution in [1.29, 1.82) is 0 Å². The van der Waals surface area contributed by atoms with E-state index in [0.29, 0.717) is 29.3 Å². The summed E-state index contributed by atoms with van der Waals surface area (Å²) in [5.41, 5.74) is 3.58. The van der Waals surface area contributed by atoms with Crippen LogP contribution in [-0.4, -0.2) is 50.9 Å². The van der Waals surface area contributed by atoms with Crippen molar-refractivity contribution >= 4 is 11.9 Å². The number of hydrogen-bond acceptors (Lipinski definition) is 5. The number of ether oxygens (including phenoxy) is 1. The van der Waals surface area contributed by atoms with Crippen molar-refractivity contribution in [3.8, 4) is 17.0 Å². The number of nitrogens with one attached hydrogen (secondary N) is 1. The number of carbonyl (C=O) groups excluding carboxylic acids is 1. The zero-order valence-electron chi connectivity index (χ0n) is 20.4. The lowest BCUT2D eigenvalue weighted by atomic mass is 9.86. The topological polar surface area (TPSA) is 114 Å². The van der Waals surface area contributed by atoms with Gasteiger partial charge in [-0.2, -0.15) is 5.10 Å². The molecule has 1 aliphatic carbocycles. The first-order chi connectivity index (χ1) is 18.1. The molecule has 4 rings (SSSR count). The van der Waals surface area contributed by atoms with Gasteiger partial charge in [0.05, 0.1) is 18.8 Å². The lowest BCUT2D eigenvalue weighted by Crippen LogP contribution is -2.36. The van der Waals surface area contributed by atoms with Gasteiger partial charge in [-0.05, 0) is 60.9 Å². The maximum atomic E-state index is 12.5. The van der Waals surface area contributed by atoms with Gasteiger partial charge in [-0.25, -0.2) is 4.79 Å². The molecule has 0 bridgehead atoms. The normalized spacial score (nSPS) is 15.2. The average molecular weight is 532 g/mol. The van der Waals surface area contributed by atoms with Crippen molar-refractivity contribution in [3.63, 3.8) is 0 Å². The average Bonchev–Trinajstić information content (AvgIpc) is 3.31. The largest absolute Gasteiger partial charge is 0.573 e. The van der Waals surface area contributed by atoms with E-state index >= 15 is 0 Å². The highest BCUT2D eigenvalue weighted by Crippen LogP contribution is 2.35. The number of aliphatic hydroxyl groups is 1. The van der Waals surface area contributed by atoms with Crippen molar-refractivity contribution < 1.29 is 37.7 Å². The second kappa shape index (κ2) is 11.7. The number of aromatic nitrogens is 2. The van der Waals surface area contributed by atoms with E-state index in [4.69, 9.17) is 10.2 Å². The Morgan fingerprint density at radius 1 is 1.05 bits per heavy atom. The Kier molecular flexibility index (Phi) is 8.35. The molecule has 1 unspecified atom stereocenters. The van der Waals surface area contributed by atoms with Crippen LogP contribution >= 0.6 is 0 Å². The number of rotatable bonds is 9. The van der Waals surface area contributed by atoms with Crippen LogP contribution in [0.5, 0.6) is 5.75 Å². The van der Waals surface area contributed by atoms with Gasteiger partial charge in [0, 0.05) is 22.7 Å². The third-order valence-corrected chi connectivity index (χ3v) is 6.51. The summed E-state index contributed by atoms with van der Waals surface area (Å²) in [4.78, 5) is 23.0. The third kappa shape index (κ3) is 7.12. The van der Waals surface area contributed by atoms with Gasteiger partial charge in [0.1, 0.15) is 5.75 Å². The molecule has 0 spiro atoms. The van der Waals surface area contributed by atoms with Gasteiger partial charge in [-0.15, -0.1) is 13.2 Å². The number of carbonyl (C=O) groups is 2. The monoisotopic (exact) mass is 531 g/mol. The summed E-state index contributed by atoms with van der Waals surface area (Å²) in [5, 5.41) is 25.2. The highest BCUT2D eigenvalue weighted by molar-refractivity contribution is 5.94. The number of alkyl halides is 3. The summed E-state index contributed by atoms with van der Waals surface area (Å²) in [5.74, 6) is -1.89. The second-order valence-electron chi connectivity index (χ2n) is 9.28. The highest BCUT2D eigenvalue weighted by atomic mass is 19.4. The highest BCUT2D eigenvalue weighted by Gasteiger charge is 2.31. The fraction of sp³-hybridized carbons (Fsp3) is 0.370. The molecule has 1 heterocycles. The Balaban J connectivity index is 1.52. The lowest BCUT2D eigenvalue weighted by Gasteiger charge is -2.22. The van der Waals surface area contributed by atoms with Gasteiger partial charge in [-0.3, -0.25) is 9.48 Å². The number of aliphatic hydroxyl groups excluding tert-OH is 1. The predicted octanol–water partition coefficient (Wildman–Crippen LogP) is 4.72. The fourth-order valence-corrected chi connectivity index (χ4v) is 4.57. The van der Waals surface area contributed by atoms with Crippen LogP contribution in [-0.2, 0) is 11.3 Å². The zero-order chi connectivity index (χ0) is 27.3. The summed E-state index contributed by atoms with van der Waals surface area (Å²) < 4.78 is 43.4. The van der Waals surface area contributed by atoms with Gasteiger partial charge in [0.25, 0.3) is 5.91 Å². The van der Waals surface area contributed by atoms with Gasteiger partial charge in [0.15, 0.2) is 6.10 Å². The molecule has 38 heavy (non-hydrogen) atoms. The molecule has 0 aliphatic heterocycles. The van der Waals surface area contributed by atoms with E-state index < -0.39 is 30.9 Å². The van der Waals surface area contributed by atoms with Crippen LogP contribution in [0.4, 0.5) is 13.2 Å². The van der Waals surface area contributed by atoms with E-state index in [1.807, 2.05) is 10.7 Å². The van der Waals surface area contributed by atoms with E-state index in [0.717, 1.165) is 36.9 Å². The number of nitrogens with zero attached hydrogens (tertiary/aromatic N) is 2. The summed E-state index contributed by atoms with van der Waals surface area (Å²) in [6, 6.07) is 14.4. The number of aliphatic carboxylic acids is 1. The van der Waals surface area contributed by atoms with E-state index in [1.54, 1.807) is 36.4 Å². The number of amides is 1. The van der Waals surface area contributed by atoms with Crippen LogP contribution in [0.3, 0.4) is 0 Å². The Hall–Kier alpha value is -3.86. The molecular weight excluding hydrogens is 503 g/mol. The molecule has 1 saturated carbocycles. The molecule has 1 aliphatic rings. The standard InChI is InChI=1S/C27H28F3N3O5/c28-27(29,30)38-21-12-10-18(11-13-21)22-14-23(19-4-2-1-3-5-19)33(32-22)16-17-6-8-20(9-7-17)25(35)31-15-24(34)26(36)37/h6-14,19,24,34H,1-5,15-16H2,(H,31,35)(H,36,37). The zero-order valence-corrected chi connectivity index (χ0v) is 20.4. The molecule has 202 valence electrons. The molecular formula is C27H28F3N3O5. The second-order valence-corrected chi connectivity index (χ2v) is 9.28. The third-order valence-electron chi connectivity index (χ3n) is 6.51. The number of carboxylic acids is 1. The van der Waals surface area contributed by atoms with Gasteiger partial charge in [-0.1, -0.05) is 31.4 Å². The SMILES string of the molecule is O=C(NCC(O)C(=O)O)c1ccc(Cn2nc(-c3ccc(OC(F)(F)F)cc3)cc2C2CCCCC2)cc1. The van der Waals surface area contributed by atoms with Gasteiger partial charge < -0.3 is 20.3 Å². The van der Waals surface area contributed by atoms with E-state index in [-0.39, 0.29) is 5.75 Å². The first-order valence-corrected chi connectivity index (χ1v) is 12.3. The Bertz CT molecular complexity index is 1250. The minimum absolute atomic E-state index is 0.296. The first kappa shape index (κ1) is 27.2. The molecule has 1 atom stereocenters.